The van der Waals surface area contributed by atoms with Crippen LogP contribution in [0.2, 0.25) is 0 Å². The van der Waals surface area contributed by atoms with Crippen molar-refractivity contribution in [3.8, 4) is 0 Å². The Morgan fingerprint density at radius 2 is 2.07 bits per heavy atom. The van der Waals surface area contributed by atoms with E-state index in [-0.39, 0.29) is 0 Å². The zero-order chi connectivity index (χ0) is 11.3. The molecule has 1 aromatic rings. The lowest BCUT2D eigenvalue weighted by Gasteiger charge is -2.17. The summed E-state index contributed by atoms with van der Waals surface area (Å²) in [6.45, 7) is 11.3. The lowest BCUT2D eigenvalue weighted by molar-refractivity contribution is 0.361. The quantitative estimate of drug-likeness (QED) is 0.748. The molecule has 2 heteroatoms. The van der Waals surface area contributed by atoms with Gasteiger partial charge in [0.15, 0.2) is 0 Å². The highest BCUT2D eigenvalue weighted by Crippen LogP contribution is 2.20. The van der Waals surface area contributed by atoms with Crippen LogP contribution in [0.25, 0.3) is 0 Å². The van der Waals surface area contributed by atoms with Crippen LogP contribution < -0.4 is 5.32 Å². The SMILES string of the molecule is Cc1ccsc1CNCCCC(C)(C)C. The van der Waals surface area contributed by atoms with Gasteiger partial charge in [-0.05, 0) is 48.7 Å². The predicted molar refractivity (Wildman–Crippen MR) is 69.5 cm³/mol. The summed E-state index contributed by atoms with van der Waals surface area (Å²) in [7, 11) is 0. The van der Waals surface area contributed by atoms with Gasteiger partial charge in [-0.15, -0.1) is 11.3 Å². The van der Waals surface area contributed by atoms with Crippen LogP contribution in [0.4, 0.5) is 0 Å². The van der Waals surface area contributed by atoms with Crippen LogP contribution in [0.15, 0.2) is 11.4 Å². The molecule has 0 saturated carbocycles. The van der Waals surface area contributed by atoms with Crippen molar-refractivity contribution in [1.82, 2.24) is 5.32 Å². The van der Waals surface area contributed by atoms with E-state index >= 15 is 0 Å². The first-order valence-electron chi connectivity index (χ1n) is 5.73. The molecule has 0 unspecified atom stereocenters. The summed E-state index contributed by atoms with van der Waals surface area (Å²) in [4.78, 5) is 1.48. The van der Waals surface area contributed by atoms with Gasteiger partial charge in [0.05, 0.1) is 0 Å². The number of hydrogen-bond acceptors (Lipinski definition) is 2. The van der Waals surface area contributed by atoms with Crippen molar-refractivity contribution in [3.63, 3.8) is 0 Å². The van der Waals surface area contributed by atoms with Crippen molar-refractivity contribution in [1.29, 1.82) is 0 Å². The zero-order valence-electron chi connectivity index (χ0n) is 10.4. The summed E-state index contributed by atoms with van der Waals surface area (Å²) in [5.74, 6) is 0. The van der Waals surface area contributed by atoms with Gasteiger partial charge in [-0.3, -0.25) is 0 Å². The van der Waals surface area contributed by atoms with Gasteiger partial charge in [0, 0.05) is 11.4 Å². The molecule has 0 bridgehead atoms. The van der Waals surface area contributed by atoms with E-state index in [1.54, 1.807) is 0 Å². The molecule has 0 aliphatic heterocycles. The Labute approximate surface area is 97.9 Å². The molecule has 0 aliphatic carbocycles. The van der Waals surface area contributed by atoms with Crippen molar-refractivity contribution in [2.24, 2.45) is 5.41 Å². The Hall–Kier alpha value is -0.340. The maximum absolute atomic E-state index is 3.51. The maximum atomic E-state index is 3.51. The van der Waals surface area contributed by atoms with Crippen molar-refractivity contribution in [2.45, 2.75) is 47.1 Å². The van der Waals surface area contributed by atoms with Crippen LogP contribution in [-0.2, 0) is 6.54 Å². The highest BCUT2D eigenvalue weighted by molar-refractivity contribution is 7.10. The number of aryl methyl sites for hydroxylation is 1. The summed E-state index contributed by atoms with van der Waals surface area (Å²) in [5, 5.41) is 5.68. The monoisotopic (exact) mass is 225 g/mol. The van der Waals surface area contributed by atoms with Gasteiger partial charge >= 0.3 is 0 Å². The Balaban J connectivity index is 2.10. The molecule has 1 aromatic heterocycles. The molecule has 1 nitrogen and oxygen atoms in total. The Kier molecular flexibility index (Phi) is 4.81. The maximum Gasteiger partial charge on any atom is 0.0302 e. The first kappa shape index (κ1) is 12.7. The second kappa shape index (κ2) is 5.66. The van der Waals surface area contributed by atoms with Crippen LogP contribution in [-0.4, -0.2) is 6.54 Å². The van der Waals surface area contributed by atoms with Crippen LogP contribution in [0.3, 0.4) is 0 Å². The van der Waals surface area contributed by atoms with E-state index in [0.29, 0.717) is 5.41 Å². The second-order valence-corrected chi connectivity index (χ2v) is 6.37. The molecule has 1 heterocycles. The van der Waals surface area contributed by atoms with E-state index in [0.717, 1.165) is 13.1 Å². The molecule has 0 aromatic carbocycles. The second-order valence-electron chi connectivity index (χ2n) is 5.37. The smallest absolute Gasteiger partial charge is 0.0302 e. The summed E-state index contributed by atoms with van der Waals surface area (Å²) in [6.07, 6.45) is 2.57. The fourth-order valence-electron chi connectivity index (χ4n) is 1.53. The number of rotatable bonds is 5. The highest BCUT2D eigenvalue weighted by atomic mass is 32.1. The minimum absolute atomic E-state index is 0.473. The molecule has 0 radical (unpaired) electrons. The van der Waals surface area contributed by atoms with Gasteiger partial charge in [-0.1, -0.05) is 20.8 Å². The molecule has 0 saturated heterocycles. The molecule has 15 heavy (non-hydrogen) atoms. The fraction of sp³-hybridized carbons (Fsp3) is 0.692. The average Bonchev–Trinajstić information content (AvgIpc) is 2.49. The van der Waals surface area contributed by atoms with Crippen LogP contribution in [0.5, 0.6) is 0 Å². The lowest BCUT2D eigenvalue weighted by Crippen LogP contribution is -2.16. The van der Waals surface area contributed by atoms with E-state index in [1.165, 1.54) is 23.3 Å². The molecule has 1 rings (SSSR count). The fourth-order valence-corrected chi connectivity index (χ4v) is 2.41. The lowest BCUT2D eigenvalue weighted by atomic mass is 9.91. The zero-order valence-corrected chi connectivity index (χ0v) is 11.2. The first-order valence-corrected chi connectivity index (χ1v) is 6.61. The van der Waals surface area contributed by atoms with Crippen LogP contribution >= 0.6 is 11.3 Å². The minimum Gasteiger partial charge on any atom is -0.312 e. The van der Waals surface area contributed by atoms with Gasteiger partial charge in [-0.25, -0.2) is 0 Å². The van der Waals surface area contributed by atoms with E-state index in [4.69, 9.17) is 0 Å². The molecule has 0 atom stereocenters. The van der Waals surface area contributed by atoms with E-state index in [2.05, 4.69) is 44.5 Å². The van der Waals surface area contributed by atoms with Crippen molar-refractivity contribution >= 4 is 11.3 Å². The predicted octanol–water partition coefficient (Wildman–Crippen LogP) is 3.97. The Morgan fingerprint density at radius 3 is 2.60 bits per heavy atom. The molecular weight excluding hydrogens is 202 g/mol. The van der Waals surface area contributed by atoms with E-state index < -0.39 is 0 Å². The van der Waals surface area contributed by atoms with Crippen molar-refractivity contribution in [2.75, 3.05) is 6.54 Å². The highest BCUT2D eigenvalue weighted by Gasteiger charge is 2.08. The molecule has 0 fully saturated rings. The summed E-state index contributed by atoms with van der Waals surface area (Å²) in [5.41, 5.74) is 1.89. The molecule has 0 spiro atoms. The first-order chi connectivity index (χ1) is 6.99. The molecule has 0 aliphatic rings. The standard InChI is InChI=1S/C13H23NS/c1-11-6-9-15-12(11)10-14-8-5-7-13(2,3)4/h6,9,14H,5,7-8,10H2,1-4H3. The topological polar surface area (TPSA) is 12.0 Å². The number of nitrogens with one attached hydrogen (secondary N) is 1. The summed E-state index contributed by atoms with van der Waals surface area (Å²) >= 11 is 1.85. The molecule has 86 valence electrons. The Morgan fingerprint density at radius 1 is 1.33 bits per heavy atom. The number of thiophene rings is 1. The van der Waals surface area contributed by atoms with Gasteiger partial charge in [0.25, 0.3) is 0 Å². The van der Waals surface area contributed by atoms with Crippen molar-refractivity contribution in [3.05, 3.63) is 21.9 Å². The van der Waals surface area contributed by atoms with Crippen LogP contribution in [0.1, 0.15) is 44.1 Å². The number of hydrogen-bond donors (Lipinski definition) is 1. The van der Waals surface area contributed by atoms with Gasteiger partial charge in [0.1, 0.15) is 0 Å². The van der Waals surface area contributed by atoms with Gasteiger partial charge < -0.3 is 5.32 Å². The molecular formula is C13H23NS. The minimum atomic E-state index is 0.473. The largest absolute Gasteiger partial charge is 0.312 e. The van der Waals surface area contributed by atoms with E-state index in [9.17, 15) is 0 Å². The van der Waals surface area contributed by atoms with Crippen molar-refractivity contribution < 1.29 is 0 Å². The Bertz CT molecular complexity index is 283. The third-order valence-corrected chi connectivity index (χ3v) is 3.56. The normalized spacial score (nSPS) is 12.0. The molecule has 0 amide bonds. The van der Waals surface area contributed by atoms with Crippen LogP contribution in [0, 0.1) is 12.3 Å². The molecule has 1 N–H and O–H groups in total. The summed E-state index contributed by atoms with van der Waals surface area (Å²) in [6, 6.07) is 2.19. The third kappa shape index (κ3) is 5.33. The average molecular weight is 225 g/mol. The van der Waals surface area contributed by atoms with Gasteiger partial charge in [0.2, 0.25) is 0 Å². The third-order valence-electron chi connectivity index (χ3n) is 2.53. The van der Waals surface area contributed by atoms with Gasteiger partial charge in [-0.2, -0.15) is 0 Å². The summed E-state index contributed by atoms with van der Waals surface area (Å²) < 4.78 is 0. The van der Waals surface area contributed by atoms with E-state index in [1.807, 2.05) is 11.3 Å².